The van der Waals surface area contributed by atoms with E-state index in [1.165, 1.54) is 12.1 Å². The topological polar surface area (TPSA) is 84.1 Å². The number of halogens is 1. The normalized spacial score (nSPS) is 23.4. The second-order valence-corrected chi connectivity index (χ2v) is 4.17. The van der Waals surface area contributed by atoms with Gasteiger partial charge in [0.25, 0.3) is 0 Å². The second kappa shape index (κ2) is 4.43. The van der Waals surface area contributed by atoms with Crippen molar-refractivity contribution in [3.05, 3.63) is 30.0 Å². The molecule has 2 atom stereocenters. The highest BCUT2D eigenvalue weighted by atomic mass is 19.1. The molecule has 94 valence electrons. The summed E-state index contributed by atoms with van der Waals surface area (Å²) in [6.45, 7) is 0.511. The Morgan fingerprint density at radius 1 is 1.44 bits per heavy atom. The molecule has 3 rings (SSSR count). The van der Waals surface area contributed by atoms with Crippen molar-refractivity contribution < 1.29 is 14.0 Å². The summed E-state index contributed by atoms with van der Waals surface area (Å²) in [4.78, 5) is 8.06. The Bertz CT molecular complexity index is 542. The fourth-order valence-corrected chi connectivity index (χ4v) is 1.89. The van der Waals surface area contributed by atoms with E-state index in [9.17, 15) is 9.50 Å². The maximum atomic E-state index is 12.7. The van der Waals surface area contributed by atoms with E-state index in [1.54, 1.807) is 0 Å². The number of aliphatic hydroxyl groups excluding tert-OH is 1. The zero-order valence-electron chi connectivity index (χ0n) is 9.38. The average Bonchev–Trinajstić information content (AvgIpc) is 2.98. The molecule has 0 aromatic carbocycles. The van der Waals surface area contributed by atoms with Crippen LogP contribution in [0.4, 0.5) is 4.39 Å². The van der Waals surface area contributed by atoms with Gasteiger partial charge in [0.2, 0.25) is 11.7 Å². The van der Waals surface area contributed by atoms with Gasteiger partial charge < -0.3 is 14.9 Å². The highest BCUT2D eigenvalue weighted by molar-refractivity contribution is 5.47. The van der Waals surface area contributed by atoms with Crippen LogP contribution in [0.5, 0.6) is 0 Å². The third-order valence-corrected chi connectivity index (χ3v) is 2.80. The van der Waals surface area contributed by atoms with E-state index in [2.05, 4.69) is 20.4 Å². The summed E-state index contributed by atoms with van der Waals surface area (Å²) in [5.41, 5.74) is 0.449. The monoisotopic (exact) mass is 250 g/mol. The van der Waals surface area contributed by atoms with Gasteiger partial charge in [-0.2, -0.15) is 4.98 Å². The molecular formula is C11H11FN4O2. The van der Waals surface area contributed by atoms with Crippen molar-refractivity contribution in [3.63, 3.8) is 0 Å². The quantitative estimate of drug-likeness (QED) is 0.814. The third kappa shape index (κ3) is 2.09. The van der Waals surface area contributed by atoms with Gasteiger partial charge >= 0.3 is 0 Å². The molecule has 1 aliphatic rings. The number of hydrogen-bond donors (Lipinski definition) is 2. The highest BCUT2D eigenvalue weighted by Crippen LogP contribution is 2.23. The smallest absolute Gasteiger partial charge is 0.244 e. The molecule has 0 aliphatic carbocycles. The Balaban J connectivity index is 1.83. The fraction of sp³-hybridized carbons (Fsp3) is 0.364. The Kier molecular flexibility index (Phi) is 2.77. The zero-order valence-corrected chi connectivity index (χ0v) is 9.38. The minimum Gasteiger partial charge on any atom is -0.392 e. The lowest BCUT2D eigenvalue weighted by molar-refractivity contribution is 0.191. The first-order chi connectivity index (χ1) is 8.72. The molecule has 2 aromatic rings. The summed E-state index contributed by atoms with van der Waals surface area (Å²) in [7, 11) is 0. The van der Waals surface area contributed by atoms with E-state index < -0.39 is 11.9 Å². The van der Waals surface area contributed by atoms with Crippen LogP contribution >= 0.6 is 0 Å². The van der Waals surface area contributed by atoms with Crippen LogP contribution in [0.1, 0.15) is 18.4 Å². The maximum absolute atomic E-state index is 12.7. The van der Waals surface area contributed by atoms with Crippen molar-refractivity contribution in [1.29, 1.82) is 0 Å². The van der Waals surface area contributed by atoms with Gasteiger partial charge in [-0.3, -0.25) is 0 Å². The molecule has 0 radical (unpaired) electrons. The van der Waals surface area contributed by atoms with Gasteiger partial charge in [-0.15, -0.1) is 0 Å². The minimum absolute atomic E-state index is 0.137. The van der Waals surface area contributed by atoms with Crippen molar-refractivity contribution in [2.45, 2.75) is 18.6 Å². The van der Waals surface area contributed by atoms with E-state index in [0.29, 0.717) is 30.4 Å². The van der Waals surface area contributed by atoms with Gasteiger partial charge in [-0.25, -0.2) is 9.37 Å². The molecular weight excluding hydrogens is 239 g/mol. The van der Waals surface area contributed by atoms with Gasteiger partial charge in [-0.05, 0) is 18.6 Å². The van der Waals surface area contributed by atoms with Crippen LogP contribution in [0.2, 0.25) is 0 Å². The molecule has 0 unspecified atom stereocenters. The van der Waals surface area contributed by atoms with Crippen molar-refractivity contribution in [2.24, 2.45) is 0 Å². The second-order valence-electron chi connectivity index (χ2n) is 4.17. The maximum Gasteiger partial charge on any atom is 0.244 e. The average molecular weight is 250 g/mol. The molecule has 1 aliphatic heterocycles. The fourth-order valence-electron chi connectivity index (χ4n) is 1.89. The largest absolute Gasteiger partial charge is 0.392 e. The number of aromatic nitrogens is 3. The third-order valence-electron chi connectivity index (χ3n) is 2.80. The van der Waals surface area contributed by atoms with Crippen LogP contribution in [0.25, 0.3) is 11.5 Å². The van der Waals surface area contributed by atoms with E-state index in [-0.39, 0.29) is 6.04 Å². The summed E-state index contributed by atoms with van der Waals surface area (Å²) in [5, 5.41) is 16.3. The Morgan fingerprint density at radius 2 is 2.33 bits per heavy atom. The number of rotatable bonds is 2. The van der Waals surface area contributed by atoms with Gasteiger partial charge in [0.05, 0.1) is 18.3 Å². The molecule has 1 fully saturated rings. The Labute approximate surface area is 102 Å². The zero-order chi connectivity index (χ0) is 12.5. The number of β-amino-alcohol motifs (C(OH)–C–C–N with tert-alkyl or cyclic N) is 1. The minimum atomic E-state index is -0.414. The molecule has 6 nitrogen and oxygen atoms in total. The lowest BCUT2D eigenvalue weighted by Crippen LogP contribution is -2.15. The van der Waals surface area contributed by atoms with Crippen molar-refractivity contribution in [1.82, 2.24) is 20.4 Å². The number of nitrogens with one attached hydrogen (secondary N) is 1. The van der Waals surface area contributed by atoms with Crippen molar-refractivity contribution >= 4 is 0 Å². The first-order valence-electron chi connectivity index (χ1n) is 5.59. The lowest BCUT2D eigenvalue weighted by atomic mass is 10.2. The van der Waals surface area contributed by atoms with E-state index in [4.69, 9.17) is 4.52 Å². The summed E-state index contributed by atoms with van der Waals surface area (Å²) in [6.07, 6.45) is 1.25. The summed E-state index contributed by atoms with van der Waals surface area (Å²) in [6, 6.07) is 2.64. The van der Waals surface area contributed by atoms with Crippen LogP contribution in [0, 0.1) is 5.82 Å². The SMILES string of the molecule is O[C@@H]1CN[C@H](c2nc(-c3ccc(F)cn3)no2)C1. The summed E-state index contributed by atoms with van der Waals surface area (Å²) >= 11 is 0. The van der Waals surface area contributed by atoms with Gasteiger partial charge in [0.1, 0.15) is 11.5 Å². The predicted octanol–water partition coefficient (Wildman–Crippen LogP) is 0.666. The van der Waals surface area contributed by atoms with Gasteiger partial charge in [0.15, 0.2) is 0 Å². The predicted molar refractivity (Wildman–Crippen MR) is 58.9 cm³/mol. The van der Waals surface area contributed by atoms with Crippen molar-refractivity contribution in [3.8, 4) is 11.5 Å². The number of aliphatic hydroxyl groups is 1. The summed E-state index contributed by atoms with van der Waals surface area (Å²) < 4.78 is 17.8. The molecule has 18 heavy (non-hydrogen) atoms. The molecule has 1 saturated heterocycles. The van der Waals surface area contributed by atoms with Crippen LogP contribution in [-0.2, 0) is 0 Å². The van der Waals surface area contributed by atoms with Gasteiger partial charge in [0, 0.05) is 6.54 Å². The Hall–Kier alpha value is -1.86. The van der Waals surface area contributed by atoms with E-state index in [1.807, 2.05) is 0 Å². The van der Waals surface area contributed by atoms with Crippen LogP contribution in [0.15, 0.2) is 22.9 Å². The number of pyridine rings is 1. The highest BCUT2D eigenvalue weighted by Gasteiger charge is 2.28. The van der Waals surface area contributed by atoms with Crippen LogP contribution in [-0.4, -0.2) is 32.9 Å². The molecule has 0 amide bonds. The van der Waals surface area contributed by atoms with Crippen molar-refractivity contribution in [2.75, 3.05) is 6.54 Å². The standard InChI is InChI=1S/C11H11FN4O2/c12-6-1-2-8(13-4-6)10-15-11(18-16-10)9-3-7(17)5-14-9/h1-2,4,7,9,14,17H,3,5H2/t7-,9-/m0/s1. The lowest BCUT2D eigenvalue weighted by Gasteiger charge is -2.01. The molecule has 2 N–H and O–H groups in total. The first-order valence-corrected chi connectivity index (χ1v) is 5.59. The molecule has 0 spiro atoms. The van der Waals surface area contributed by atoms with Gasteiger partial charge in [-0.1, -0.05) is 5.16 Å². The van der Waals surface area contributed by atoms with E-state index in [0.717, 1.165) is 6.20 Å². The number of hydrogen-bond acceptors (Lipinski definition) is 6. The molecule has 7 heteroatoms. The Morgan fingerprint density at radius 3 is 3.00 bits per heavy atom. The molecule has 2 aromatic heterocycles. The number of nitrogens with zero attached hydrogens (tertiary/aromatic N) is 3. The van der Waals surface area contributed by atoms with E-state index >= 15 is 0 Å². The molecule has 3 heterocycles. The van der Waals surface area contributed by atoms with Crippen LogP contribution in [0.3, 0.4) is 0 Å². The summed E-state index contributed by atoms with van der Waals surface area (Å²) in [5.74, 6) is 0.309. The molecule has 0 bridgehead atoms. The van der Waals surface area contributed by atoms with Crippen LogP contribution < -0.4 is 5.32 Å². The molecule has 0 saturated carbocycles. The first kappa shape index (κ1) is 11.2.